The first-order valence-corrected chi connectivity index (χ1v) is 8.47. The Hall–Kier alpha value is -0.850. The average Bonchev–Trinajstić information content (AvgIpc) is 2.89. The van der Waals surface area contributed by atoms with E-state index in [2.05, 4.69) is 49.0 Å². The summed E-state index contributed by atoms with van der Waals surface area (Å²) in [4.78, 5) is 4.02. The molecule has 0 aliphatic rings. The van der Waals surface area contributed by atoms with Gasteiger partial charge >= 0.3 is 0 Å². The number of ether oxygens (including phenoxy) is 1. The molecule has 0 bridgehead atoms. The van der Waals surface area contributed by atoms with Crippen LogP contribution in [0.3, 0.4) is 0 Å². The summed E-state index contributed by atoms with van der Waals surface area (Å²) in [7, 11) is 0. The fraction of sp³-hybridized carbons (Fsp3) is 0.400. The minimum Gasteiger partial charge on any atom is -0.491 e. The van der Waals surface area contributed by atoms with Gasteiger partial charge in [-0.25, -0.2) is 4.98 Å². The van der Waals surface area contributed by atoms with Crippen LogP contribution in [-0.4, -0.2) is 22.2 Å². The monoisotopic (exact) mass is 415 g/mol. The molecule has 114 valence electrons. The number of hydrogen-bond acceptors (Lipinski definition) is 3. The summed E-state index contributed by atoms with van der Waals surface area (Å²) in [6.07, 6.45) is 7.32. The van der Waals surface area contributed by atoms with Gasteiger partial charge in [0.2, 0.25) is 0 Å². The Morgan fingerprint density at radius 1 is 1.33 bits per heavy atom. The highest BCUT2D eigenvalue weighted by molar-refractivity contribution is 9.11. The number of aromatic nitrogens is 2. The lowest BCUT2D eigenvalue weighted by atomic mass is 10.1. The first kappa shape index (κ1) is 16.5. The number of nitrogens with zero attached hydrogens (tertiary/aromatic N) is 2. The second-order valence-electron chi connectivity index (χ2n) is 5.07. The number of hydrogen-bond donors (Lipinski definition) is 1. The summed E-state index contributed by atoms with van der Waals surface area (Å²) >= 11 is 7.14. The molecule has 2 aromatic rings. The molecule has 0 radical (unpaired) electrons. The van der Waals surface area contributed by atoms with Crippen LogP contribution in [0.4, 0.5) is 0 Å². The van der Waals surface area contributed by atoms with E-state index >= 15 is 0 Å². The molecule has 0 aliphatic heterocycles. The lowest BCUT2D eigenvalue weighted by Crippen LogP contribution is -2.17. The molecule has 0 fully saturated rings. The quantitative estimate of drug-likeness (QED) is 0.699. The summed E-state index contributed by atoms with van der Waals surface area (Å²) in [6, 6.07) is 4.28. The van der Waals surface area contributed by atoms with Crippen LogP contribution in [0.2, 0.25) is 0 Å². The molecule has 0 saturated heterocycles. The van der Waals surface area contributed by atoms with E-state index < -0.39 is 0 Å². The highest BCUT2D eigenvalue weighted by atomic mass is 79.9. The van der Waals surface area contributed by atoms with E-state index in [-0.39, 0.29) is 6.04 Å². The SMILES string of the molecule is CC(N)Cc1cc(Br)c(OCCCn2ccnc2)c(Br)c1. The zero-order chi connectivity index (χ0) is 15.2. The van der Waals surface area contributed by atoms with Gasteiger partial charge in [-0.3, -0.25) is 0 Å². The van der Waals surface area contributed by atoms with E-state index in [1.165, 1.54) is 5.56 Å². The second kappa shape index (κ2) is 7.96. The fourth-order valence-electron chi connectivity index (χ4n) is 2.08. The van der Waals surface area contributed by atoms with E-state index in [9.17, 15) is 0 Å². The molecule has 1 heterocycles. The van der Waals surface area contributed by atoms with Gasteiger partial charge in [0.15, 0.2) is 0 Å². The predicted octanol–water partition coefficient (Wildman–Crippen LogP) is 3.77. The van der Waals surface area contributed by atoms with Gasteiger partial charge in [-0.15, -0.1) is 0 Å². The van der Waals surface area contributed by atoms with Crippen LogP contribution in [0.1, 0.15) is 18.9 Å². The molecule has 1 atom stereocenters. The van der Waals surface area contributed by atoms with Crippen LogP contribution in [-0.2, 0) is 13.0 Å². The maximum absolute atomic E-state index is 5.87. The smallest absolute Gasteiger partial charge is 0.147 e. The fourth-order valence-corrected chi connectivity index (χ4v) is 3.59. The van der Waals surface area contributed by atoms with Gasteiger partial charge in [0.05, 0.1) is 21.9 Å². The van der Waals surface area contributed by atoms with Crippen LogP contribution in [0.5, 0.6) is 5.75 Å². The second-order valence-corrected chi connectivity index (χ2v) is 6.78. The zero-order valence-electron chi connectivity index (χ0n) is 11.9. The van der Waals surface area contributed by atoms with E-state index in [0.717, 1.165) is 34.1 Å². The molecule has 0 amide bonds. The lowest BCUT2D eigenvalue weighted by molar-refractivity contribution is 0.298. The maximum atomic E-state index is 5.87. The van der Waals surface area contributed by atoms with E-state index in [4.69, 9.17) is 10.5 Å². The number of aryl methyl sites for hydroxylation is 1. The van der Waals surface area contributed by atoms with Gasteiger partial charge in [-0.05, 0) is 69.3 Å². The first-order chi connectivity index (χ1) is 10.1. The summed E-state index contributed by atoms with van der Waals surface area (Å²) in [6.45, 7) is 3.56. The van der Waals surface area contributed by atoms with Gasteiger partial charge < -0.3 is 15.0 Å². The maximum Gasteiger partial charge on any atom is 0.147 e. The minimum absolute atomic E-state index is 0.144. The van der Waals surface area contributed by atoms with Crippen molar-refractivity contribution in [3.8, 4) is 5.75 Å². The van der Waals surface area contributed by atoms with Crippen molar-refractivity contribution in [1.82, 2.24) is 9.55 Å². The number of imidazole rings is 1. The Morgan fingerprint density at radius 2 is 2.05 bits per heavy atom. The number of benzene rings is 1. The lowest BCUT2D eigenvalue weighted by Gasteiger charge is -2.13. The van der Waals surface area contributed by atoms with Crippen molar-refractivity contribution in [2.45, 2.75) is 32.4 Å². The molecule has 0 saturated carbocycles. The molecule has 0 aliphatic carbocycles. The van der Waals surface area contributed by atoms with E-state index in [1.807, 2.05) is 24.0 Å². The Bertz CT molecular complexity index is 547. The predicted molar refractivity (Wildman–Crippen MR) is 91.5 cm³/mol. The largest absolute Gasteiger partial charge is 0.491 e. The van der Waals surface area contributed by atoms with Gasteiger partial charge in [-0.2, -0.15) is 0 Å². The first-order valence-electron chi connectivity index (χ1n) is 6.88. The summed E-state index contributed by atoms with van der Waals surface area (Å²) in [5.41, 5.74) is 7.03. The van der Waals surface area contributed by atoms with E-state index in [1.54, 1.807) is 6.20 Å². The van der Waals surface area contributed by atoms with Gasteiger partial charge in [0.1, 0.15) is 5.75 Å². The van der Waals surface area contributed by atoms with Crippen molar-refractivity contribution in [1.29, 1.82) is 0 Å². The minimum atomic E-state index is 0.144. The Labute approximate surface area is 142 Å². The average molecular weight is 417 g/mol. The van der Waals surface area contributed by atoms with Gasteiger partial charge in [0.25, 0.3) is 0 Å². The molecular formula is C15H19Br2N3O. The molecule has 6 heteroatoms. The topological polar surface area (TPSA) is 53.1 Å². The molecule has 1 aromatic carbocycles. The summed E-state index contributed by atoms with van der Waals surface area (Å²) < 4.78 is 9.82. The molecule has 1 aromatic heterocycles. The highest BCUT2D eigenvalue weighted by Crippen LogP contribution is 2.35. The molecule has 4 nitrogen and oxygen atoms in total. The third-order valence-electron chi connectivity index (χ3n) is 2.98. The summed E-state index contributed by atoms with van der Waals surface area (Å²) in [5.74, 6) is 0.842. The van der Waals surface area contributed by atoms with Crippen LogP contribution < -0.4 is 10.5 Å². The van der Waals surface area contributed by atoms with Gasteiger partial charge in [0, 0.05) is 25.0 Å². The molecular weight excluding hydrogens is 398 g/mol. The molecule has 1 unspecified atom stereocenters. The Balaban J connectivity index is 1.90. The van der Waals surface area contributed by atoms with Gasteiger partial charge in [-0.1, -0.05) is 0 Å². The Kier molecular flexibility index (Phi) is 6.26. The standard InChI is InChI=1S/C15H19Br2N3O/c1-11(18)7-12-8-13(16)15(14(17)9-12)21-6-2-4-20-5-3-19-10-20/h3,5,8-11H,2,4,6-7,18H2,1H3. The number of nitrogens with two attached hydrogens (primary N) is 1. The van der Waals surface area contributed by atoms with Crippen molar-refractivity contribution in [3.05, 3.63) is 45.4 Å². The van der Waals surface area contributed by atoms with Crippen molar-refractivity contribution in [2.24, 2.45) is 5.73 Å². The van der Waals surface area contributed by atoms with Crippen LogP contribution in [0.25, 0.3) is 0 Å². The Morgan fingerprint density at radius 3 is 2.62 bits per heavy atom. The highest BCUT2D eigenvalue weighted by Gasteiger charge is 2.10. The van der Waals surface area contributed by atoms with Crippen molar-refractivity contribution in [3.63, 3.8) is 0 Å². The summed E-state index contributed by atoms with van der Waals surface area (Å²) in [5, 5.41) is 0. The molecule has 2 rings (SSSR count). The zero-order valence-corrected chi connectivity index (χ0v) is 15.1. The number of halogens is 2. The third-order valence-corrected chi connectivity index (χ3v) is 4.16. The third kappa shape index (κ3) is 5.13. The van der Waals surface area contributed by atoms with Crippen molar-refractivity contribution < 1.29 is 4.74 Å². The normalized spacial score (nSPS) is 12.4. The van der Waals surface area contributed by atoms with Crippen LogP contribution in [0.15, 0.2) is 39.8 Å². The van der Waals surface area contributed by atoms with E-state index in [0.29, 0.717) is 6.61 Å². The van der Waals surface area contributed by atoms with Crippen LogP contribution >= 0.6 is 31.9 Å². The molecule has 0 spiro atoms. The number of rotatable bonds is 7. The van der Waals surface area contributed by atoms with Crippen molar-refractivity contribution in [2.75, 3.05) is 6.61 Å². The molecule has 2 N–H and O–H groups in total. The molecule has 21 heavy (non-hydrogen) atoms. The van der Waals surface area contributed by atoms with Crippen molar-refractivity contribution >= 4 is 31.9 Å². The van der Waals surface area contributed by atoms with Crippen LogP contribution in [0, 0.1) is 0 Å².